The van der Waals surface area contributed by atoms with Crippen LogP contribution in [0, 0.1) is 0 Å². The summed E-state index contributed by atoms with van der Waals surface area (Å²) in [7, 11) is 3.06. The van der Waals surface area contributed by atoms with Gasteiger partial charge in [0.25, 0.3) is 0 Å². The average Bonchev–Trinajstić information content (AvgIpc) is 2.55. The maximum atomic E-state index is 10.4. The van der Waals surface area contributed by atoms with E-state index in [4.69, 9.17) is 28.4 Å². The first-order valence-electron chi connectivity index (χ1n) is 8.42. The Morgan fingerprint density at radius 2 is 1.67 bits per heavy atom. The summed E-state index contributed by atoms with van der Waals surface area (Å²) in [5, 5.41) is 20.4. The molecule has 0 unspecified atom stereocenters. The van der Waals surface area contributed by atoms with Crippen molar-refractivity contribution in [3.63, 3.8) is 0 Å². The first-order chi connectivity index (χ1) is 11.4. The molecular formula is C16H30O8. The van der Waals surface area contributed by atoms with Gasteiger partial charge in [0.15, 0.2) is 12.6 Å². The van der Waals surface area contributed by atoms with E-state index < -0.39 is 43.1 Å². The van der Waals surface area contributed by atoms with Gasteiger partial charge in [0.2, 0.25) is 0 Å². The molecule has 0 amide bonds. The largest absolute Gasteiger partial charge is 0.388 e. The smallest absolute Gasteiger partial charge is 0.186 e. The predicted molar refractivity (Wildman–Crippen MR) is 83.4 cm³/mol. The predicted octanol–water partition coefficient (Wildman–Crippen LogP) is 0.0396. The van der Waals surface area contributed by atoms with Crippen molar-refractivity contribution in [2.75, 3.05) is 20.8 Å². The lowest BCUT2D eigenvalue weighted by Crippen LogP contribution is -2.60. The fourth-order valence-corrected chi connectivity index (χ4v) is 3.25. The third-order valence-corrected chi connectivity index (χ3v) is 4.62. The quantitative estimate of drug-likeness (QED) is 0.693. The zero-order valence-electron chi connectivity index (χ0n) is 15.0. The van der Waals surface area contributed by atoms with Crippen LogP contribution in [-0.4, -0.2) is 86.3 Å². The standard InChI is InChI=1S/C16H30O8/c1-6-21-16-13(18)15(20-5)14(9(3)23-16)24-11-7-10(19-4)12(17)8(2)22-11/h8-18H,6-7H2,1-5H3/t8-,9-,10+,11+,12-,13-,14-,15+,16-/m1/s1. The van der Waals surface area contributed by atoms with Crippen molar-refractivity contribution in [2.24, 2.45) is 0 Å². The van der Waals surface area contributed by atoms with Crippen molar-refractivity contribution in [3.05, 3.63) is 0 Å². The minimum Gasteiger partial charge on any atom is -0.388 e. The molecule has 2 saturated heterocycles. The van der Waals surface area contributed by atoms with Gasteiger partial charge in [-0.15, -0.1) is 0 Å². The Balaban J connectivity index is 2.04. The SMILES string of the molecule is CCO[C@@H]1O[C@H](C)[C@@H](O[C@H]2C[C@H](OC)[C@H](O)[C@@H](C)O2)[C@@H](OC)[C@H]1O. The van der Waals surface area contributed by atoms with Gasteiger partial charge in [-0.05, 0) is 20.8 Å². The second kappa shape index (κ2) is 8.86. The monoisotopic (exact) mass is 350 g/mol. The molecule has 24 heavy (non-hydrogen) atoms. The van der Waals surface area contributed by atoms with Gasteiger partial charge < -0.3 is 38.6 Å². The molecule has 2 rings (SSSR count). The fraction of sp³-hybridized carbons (Fsp3) is 1.00. The summed E-state index contributed by atoms with van der Waals surface area (Å²) >= 11 is 0. The van der Waals surface area contributed by atoms with Crippen molar-refractivity contribution in [3.8, 4) is 0 Å². The van der Waals surface area contributed by atoms with Crippen molar-refractivity contribution in [1.29, 1.82) is 0 Å². The number of aliphatic hydroxyl groups is 2. The third kappa shape index (κ3) is 4.25. The van der Waals surface area contributed by atoms with E-state index in [0.29, 0.717) is 13.0 Å². The molecule has 2 aliphatic rings. The summed E-state index contributed by atoms with van der Waals surface area (Å²) in [4.78, 5) is 0. The van der Waals surface area contributed by atoms with E-state index in [9.17, 15) is 10.2 Å². The normalized spacial score (nSPS) is 46.9. The Kier molecular flexibility index (Phi) is 7.39. The van der Waals surface area contributed by atoms with Crippen LogP contribution in [0.2, 0.25) is 0 Å². The molecule has 8 nitrogen and oxygen atoms in total. The van der Waals surface area contributed by atoms with E-state index in [1.807, 2.05) is 13.8 Å². The highest BCUT2D eigenvalue weighted by Crippen LogP contribution is 2.30. The molecule has 0 aromatic rings. The number of aliphatic hydroxyl groups excluding tert-OH is 2. The van der Waals surface area contributed by atoms with Crippen LogP contribution in [0.3, 0.4) is 0 Å². The number of methoxy groups -OCH3 is 2. The molecule has 2 aliphatic heterocycles. The molecule has 2 fully saturated rings. The van der Waals surface area contributed by atoms with Gasteiger partial charge >= 0.3 is 0 Å². The summed E-state index contributed by atoms with van der Waals surface area (Å²) in [5.41, 5.74) is 0. The number of rotatable bonds is 6. The molecule has 2 heterocycles. The number of hydrogen-bond donors (Lipinski definition) is 2. The molecular weight excluding hydrogens is 320 g/mol. The minimum atomic E-state index is -0.971. The first-order valence-corrected chi connectivity index (χ1v) is 8.42. The zero-order valence-corrected chi connectivity index (χ0v) is 15.0. The van der Waals surface area contributed by atoms with Crippen molar-refractivity contribution in [1.82, 2.24) is 0 Å². The summed E-state index contributed by atoms with van der Waals surface area (Å²) in [5.74, 6) is 0. The highest BCUT2D eigenvalue weighted by atomic mass is 16.7. The molecule has 2 N–H and O–H groups in total. The zero-order chi connectivity index (χ0) is 17.9. The minimum absolute atomic E-state index is 0.360. The van der Waals surface area contributed by atoms with Crippen LogP contribution in [0.1, 0.15) is 27.2 Å². The van der Waals surface area contributed by atoms with Crippen molar-refractivity contribution in [2.45, 2.75) is 82.5 Å². The van der Waals surface area contributed by atoms with Crippen LogP contribution >= 0.6 is 0 Å². The lowest BCUT2D eigenvalue weighted by Gasteiger charge is -2.45. The highest BCUT2D eigenvalue weighted by molar-refractivity contribution is 4.91. The van der Waals surface area contributed by atoms with Crippen LogP contribution in [0.15, 0.2) is 0 Å². The Morgan fingerprint density at radius 1 is 0.958 bits per heavy atom. The lowest BCUT2D eigenvalue weighted by atomic mass is 9.98. The summed E-state index contributed by atoms with van der Waals surface area (Å²) < 4.78 is 33.6. The van der Waals surface area contributed by atoms with Gasteiger partial charge in [-0.1, -0.05) is 0 Å². The Morgan fingerprint density at radius 3 is 2.25 bits per heavy atom. The van der Waals surface area contributed by atoms with E-state index in [1.54, 1.807) is 14.0 Å². The second-order valence-electron chi connectivity index (χ2n) is 6.23. The number of ether oxygens (including phenoxy) is 6. The molecule has 142 valence electrons. The summed E-state index contributed by atoms with van der Waals surface area (Å²) in [6.07, 6.45) is -4.94. The van der Waals surface area contributed by atoms with Crippen LogP contribution < -0.4 is 0 Å². The van der Waals surface area contributed by atoms with Gasteiger partial charge in [0.05, 0.1) is 18.3 Å². The second-order valence-corrected chi connectivity index (χ2v) is 6.23. The Hall–Kier alpha value is -0.320. The molecule has 9 atom stereocenters. The van der Waals surface area contributed by atoms with E-state index >= 15 is 0 Å². The molecule has 8 heteroatoms. The van der Waals surface area contributed by atoms with Gasteiger partial charge in [0, 0.05) is 27.2 Å². The van der Waals surface area contributed by atoms with Crippen molar-refractivity contribution >= 4 is 0 Å². The topological polar surface area (TPSA) is 95.8 Å². The van der Waals surface area contributed by atoms with Gasteiger partial charge in [-0.2, -0.15) is 0 Å². The molecule has 0 aliphatic carbocycles. The molecule has 0 aromatic carbocycles. The fourth-order valence-electron chi connectivity index (χ4n) is 3.25. The van der Waals surface area contributed by atoms with E-state index in [2.05, 4.69) is 0 Å². The number of hydrogen-bond acceptors (Lipinski definition) is 8. The average molecular weight is 350 g/mol. The van der Waals surface area contributed by atoms with Crippen LogP contribution in [0.5, 0.6) is 0 Å². The molecule has 0 spiro atoms. The molecule has 0 radical (unpaired) electrons. The third-order valence-electron chi connectivity index (χ3n) is 4.62. The van der Waals surface area contributed by atoms with Crippen LogP contribution in [0.4, 0.5) is 0 Å². The van der Waals surface area contributed by atoms with E-state index in [1.165, 1.54) is 7.11 Å². The van der Waals surface area contributed by atoms with Gasteiger partial charge in [-0.25, -0.2) is 0 Å². The molecule has 0 aromatic heterocycles. The van der Waals surface area contributed by atoms with E-state index in [0.717, 1.165) is 0 Å². The maximum absolute atomic E-state index is 10.4. The van der Waals surface area contributed by atoms with Crippen molar-refractivity contribution < 1.29 is 38.6 Å². The lowest BCUT2D eigenvalue weighted by molar-refractivity contribution is -0.337. The molecule has 0 saturated carbocycles. The Labute approximate surface area is 142 Å². The van der Waals surface area contributed by atoms with Gasteiger partial charge in [0.1, 0.15) is 24.4 Å². The molecule has 0 bridgehead atoms. The van der Waals surface area contributed by atoms with Gasteiger partial charge in [-0.3, -0.25) is 0 Å². The summed E-state index contributed by atoms with van der Waals surface area (Å²) in [6, 6.07) is 0. The Bertz CT molecular complexity index is 381. The van der Waals surface area contributed by atoms with Crippen LogP contribution in [0.25, 0.3) is 0 Å². The maximum Gasteiger partial charge on any atom is 0.186 e. The first kappa shape index (κ1) is 20.0. The summed E-state index contributed by atoms with van der Waals surface area (Å²) in [6.45, 7) is 5.86. The van der Waals surface area contributed by atoms with E-state index in [-0.39, 0.29) is 12.2 Å². The van der Waals surface area contributed by atoms with Crippen LogP contribution in [-0.2, 0) is 28.4 Å². The highest BCUT2D eigenvalue weighted by Gasteiger charge is 2.47.